The van der Waals surface area contributed by atoms with Gasteiger partial charge < -0.3 is 19.1 Å². The molecule has 1 aromatic carbocycles. The van der Waals surface area contributed by atoms with Gasteiger partial charge in [-0.1, -0.05) is 18.2 Å². The number of hydrogen-bond donors (Lipinski definition) is 0. The number of hydrogen-bond acceptors (Lipinski definition) is 5. The number of rotatable bonds is 3. The second kappa shape index (κ2) is 7.23. The summed E-state index contributed by atoms with van der Waals surface area (Å²) in [6.45, 7) is 3.16. The second-order valence-electron chi connectivity index (χ2n) is 6.62. The summed E-state index contributed by atoms with van der Waals surface area (Å²) in [5.41, 5.74) is 0. The van der Waals surface area contributed by atoms with E-state index in [0.29, 0.717) is 30.5 Å². The van der Waals surface area contributed by atoms with Crippen LogP contribution in [0, 0.1) is 0 Å². The van der Waals surface area contributed by atoms with Crippen molar-refractivity contribution in [3.05, 3.63) is 48.7 Å². The van der Waals surface area contributed by atoms with E-state index in [1.54, 1.807) is 6.20 Å². The number of benzene rings is 1. The summed E-state index contributed by atoms with van der Waals surface area (Å²) in [6.07, 6.45) is 2.42. The summed E-state index contributed by atoms with van der Waals surface area (Å²) < 4.78 is 17.7. The lowest BCUT2D eigenvalue weighted by molar-refractivity contribution is -0.146. The second-order valence-corrected chi connectivity index (χ2v) is 6.62. The molecule has 1 saturated heterocycles. The van der Waals surface area contributed by atoms with Gasteiger partial charge >= 0.3 is 0 Å². The Kier molecular flexibility index (Phi) is 4.65. The van der Waals surface area contributed by atoms with Crippen molar-refractivity contribution in [2.45, 2.75) is 38.1 Å². The molecule has 0 spiro atoms. The normalized spacial score (nSPS) is 22.7. The molecule has 0 N–H and O–H groups in total. The average molecular weight is 354 g/mol. The van der Waals surface area contributed by atoms with E-state index < -0.39 is 6.10 Å². The Labute approximate surface area is 152 Å². The van der Waals surface area contributed by atoms with Crippen molar-refractivity contribution in [1.82, 2.24) is 9.88 Å². The van der Waals surface area contributed by atoms with Crippen LogP contribution in [0.4, 0.5) is 0 Å². The number of amides is 1. The van der Waals surface area contributed by atoms with E-state index in [4.69, 9.17) is 14.2 Å². The van der Waals surface area contributed by atoms with E-state index in [1.165, 1.54) is 0 Å². The summed E-state index contributed by atoms with van der Waals surface area (Å²) in [6, 6.07) is 13.1. The van der Waals surface area contributed by atoms with Crippen molar-refractivity contribution < 1.29 is 19.0 Å². The van der Waals surface area contributed by atoms with Gasteiger partial charge in [0.15, 0.2) is 11.5 Å². The van der Waals surface area contributed by atoms with Crippen LogP contribution in [0.15, 0.2) is 48.7 Å². The third-order valence-corrected chi connectivity index (χ3v) is 4.76. The summed E-state index contributed by atoms with van der Waals surface area (Å²) in [4.78, 5) is 18.9. The molecule has 0 aliphatic carbocycles. The van der Waals surface area contributed by atoms with Gasteiger partial charge in [-0.2, -0.15) is 0 Å². The van der Waals surface area contributed by atoms with Crippen LogP contribution in [-0.4, -0.2) is 47.2 Å². The topological polar surface area (TPSA) is 60.9 Å². The third-order valence-electron chi connectivity index (χ3n) is 4.76. The van der Waals surface area contributed by atoms with Gasteiger partial charge in [-0.05, 0) is 25.1 Å². The molecule has 2 aliphatic heterocycles. The van der Waals surface area contributed by atoms with E-state index in [2.05, 4.69) is 4.98 Å². The van der Waals surface area contributed by atoms with Gasteiger partial charge in [0.25, 0.3) is 5.91 Å². The van der Waals surface area contributed by atoms with Gasteiger partial charge in [0.05, 0.1) is 0 Å². The van der Waals surface area contributed by atoms with E-state index >= 15 is 0 Å². The molecule has 0 bridgehead atoms. The maximum atomic E-state index is 12.9. The predicted octanol–water partition coefficient (Wildman–Crippen LogP) is 2.68. The Morgan fingerprint density at radius 3 is 2.46 bits per heavy atom. The number of nitrogens with zero attached hydrogens (tertiary/aromatic N) is 2. The lowest BCUT2D eigenvalue weighted by Crippen LogP contribution is -2.53. The Bertz CT molecular complexity index is 759. The van der Waals surface area contributed by atoms with Crippen molar-refractivity contribution in [2.24, 2.45) is 0 Å². The molecule has 136 valence electrons. The van der Waals surface area contributed by atoms with Crippen molar-refractivity contribution in [3.63, 3.8) is 0 Å². The molecule has 1 amide bonds. The van der Waals surface area contributed by atoms with Crippen molar-refractivity contribution in [2.75, 3.05) is 13.1 Å². The van der Waals surface area contributed by atoms with E-state index in [1.807, 2.05) is 54.3 Å². The van der Waals surface area contributed by atoms with E-state index in [9.17, 15) is 4.79 Å². The molecule has 2 aliphatic rings. The van der Waals surface area contributed by atoms with Gasteiger partial charge in [-0.15, -0.1) is 0 Å². The predicted molar refractivity (Wildman–Crippen MR) is 95.4 cm³/mol. The maximum Gasteiger partial charge on any atom is 0.267 e. The largest absolute Gasteiger partial charge is 0.482 e. The van der Waals surface area contributed by atoms with Crippen LogP contribution < -0.4 is 14.2 Å². The Balaban J connectivity index is 1.35. The van der Waals surface area contributed by atoms with E-state index in [-0.39, 0.29) is 18.1 Å². The van der Waals surface area contributed by atoms with Gasteiger partial charge in [0.1, 0.15) is 12.2 Å². The smallest absolute Gasteiger partial charge is 0.267 e. The minimum atomic E-state index is -0.613. The highest BCUT2D eigenvalue weighted by atomic mass is 16.6. The fourth-order valence-electron chi connectivity index (χ4n) is 3.35. The summed E-state index contributed by atoms with van der Waals surface area (Å²) in [7, 11) is 0. The number of pyridine rings is 1. The highest BCUT2D eigenvalue weighted by Gasteiger charge is 2.38. The first kappa shape index (κ1) is 16.7. The van der Waals surface area contributed by atoms with E-state index in [0.717, 1.165) is 12.8 Å². The number of fused-ring (bicyclic) bond motifs is 1. The quantitative estimate of drug-likeness (QED) is 0.848. The molecule has 0 saturated carbocycles. The SMILES string of the molecule is C[C@H]1Oc2ccccc2O[C@@H]1C(=O)N1CCC(Oc2ccccn2)CC1. The number of aromatic nitrogens is 1. The Hall–Kier alpha value is -2.76. The molecule has 0 radical (unpaired) electrons. The number of carbonyl (C=O) groups excluding carboxylic acids is 1. The molecule has 2 atom stereocenters. The van der Waals surface area contributed by atoms with Crippen LogP contribution in [0.2, 0.25) is 0 Å². The minimum Gasteiger partial charge on any atom is -0.482 e. The molecule has 2 aromatic rings. The molecule has 3 heterocycles. The zero-order valence-corrected chi connectivity index (χ0v) is 14.7. The zero-order chi connectivity index (χ0) is 17.9. The Morgan fingerprint density at radius 1 is 1.08 bits per heavy atom. The fraction of sp³-hybridized carbons (Fsp3) is 0.400. The van der Waals surface area contributed by atoms with Crippen LogP contribution in [-0.2, 0) is 4.79 Å². The first-order valence-electron chi connectivity index (χ1n) is 8.99. The van der Waals surface area contributed by atoms with Crippen molar-refractivity contribution >= 4 is 5.91 Å². The third kappa shape index (κ3) is 3.45. The zero-order valence-electron chi connectivity index (χ0n) is 14.7. The Morgan fingerprint density at radius 2 is 1.77 bits per heavy atom. The molecule has 6 nitrogen and oxygen atoms in total. The molecular weight excluding hydrogens is 332 g/mol. The number of para-hydroxylation sites is 2. The van der Waals surface area contributed by atoms with Crippen LogP contribution in [0.25, 0.3) is 0 Å². The number of likely N-dealkylation sites (tertiary alicyclic amines) is 1. The van der Waals surface area contributed by atoms with Crippen LogP contribution >= 0.6 is 0 Å². The number of carbonyl (C=O) groups is 1. The molecule has 1 fully saturated rings. The standard InChI is InChI=1S/C20H22N2O4/c1-14-19(26-17-7-3-2-6-16(17)24-14)20(23)22-12-9-15(10-13-22)25-18-8-4-5-11-21-18/h2-8,11,14-15,19H,9-10,12-13H2,1H3/t14-,19+/m1/s1. The fourth-order valence-corrected chi connectivity index (χ4v) is 3.35. The summed E-state index contributed by atoms with van der Waals surface area (Å²) >= 11 is 0. The maximum absolute atomic E-state index is 12.9. The summed E-state index contributed by atoms with van der Waals surface area (Å²) in [5, 5.41) is 0. The first-order chi connectivity index (χ1) is 12.7. The molecule has 26 heavy (non-hydrogen) atoms. The molecule has 4 rings (SSSR count). The molecule has 0 unspecified atom stereocenters. The average Bonchev–Trinajstić information content (AvgIpc) is 2.68. The molecule has 1 aromatic heterocycles. The molecule has 6 heteroatoms. The molecular formula is C20H22N2O4. The first-order valence-corrected chi connectivity index (χ1v) is 8.99. The summed E-state index contributed by atoms with van der Waals surface area (Å²) in [5.74, 6) is 1.92. The lowest BCUT2D eigenvalue weighted by atomic mass is 10.1. The minimum absolute atomic E-state index is 0.0247. The van der Waals surface area contributed by atoms with Gasteiger partial charge in [0, 0.05) is 38.2 Å². The van der Waals surface area contributed by atoms with Gasteiger partial charge in [-0.3, -0.25) is 4.79 Å². The van der Waals surface area contributed by atoms with Gasteiger partial charge in [0.2, 0.25) is 12.0 Å². The van der Waals surface area contributed by atoms with Crippen LogP contribution in [0.3, 0.4) is 0 Å². The van der Waals surface area contributed by atoms with Crippen molar-refractivity contribution in [3.8, 4) is 17.4 Å². The number of piperidine rings is 1. The highest BCUT2D eigenvalue weighted by molar-refractivity contribution is 5.82. The van der Waals surface area contributed by atoms with Crippen LogP contribution in [0.1, 0.15) is 19.8 Å². The highest BCUT2D eigenvalue weighted by Crippen LogP contribution is 2.34. The van der Waals surface area contributed by atoms with Crippen LogP contribution in [0.5, 0.6) is 17.4 Å². The monoisotopic (exact) mass is 354 g/mol. The van der Waals surface area contributed by atoms with Crippen molar-refractivity contribution in [1.29, 1.82) is 0 Å². The number of ether oxygens (including phenoxy) is 3. The lowest BCUT2D eigenvalue weighted by Gasteiger charge is -2.37. The van der Waals surface area contributed by atoms with Gasteiger partial charge in [-0.25, -0.2) is 4.98 Å².